The van der Waals surface area contributed by atoms with Gasteiger partial charge in [-0.3, -0.25) is 0 Å². The minimum atomic E-state index is 0.374. The van der Waals surface area contributed by atoms with Gasteiger partial charge in [-0.2, -0.15) is 0 Å². The SMILES string of the molecule is CCN1CCN(CC2CCN(C[C@H]3C[C@H](Oc4cc(C)ccn4)C3)CC2)CC1. The van der Waals surface area contributed by atoms with Crippen LogP contribution in [0.25, 0.3) is 0 Å². The molecule has 0 unspecified atom stereocenters. The Morgan fingerprint density at radius 3 is 2.25 bits per heavy atom. The highest BCUT2D eigenvalue weighted by Gasteiger charge is 2.33. The van der Waals surface area contributed by atoms with Crippen LogP contribution in [0.5, 0.6) is 5.88 Å². The Morgan fingerprint density at radius 2 is 1.57 bits per heavy atom. The number of piperidine rings is 1. The van der Waals surface area contributed by atoms with Gasteiger partial charge in [0.25, 0.3) is 0 Å². The molecule has 0 aromatic carbocycles. The second-order valence-corrected chi connectivity index (χ2v) is 9.23. The minimum absolute atomic E-state index is 0.374. The fraction of sp³-hybridized carbons (Fsp3) is 0.783. The molecule has 0 atom stereocenters. The van der Waals surface area contributed by atoms with E-state index in [9.17, 15) is 0 Å². The summed E-state index contributed by atoms with van der Waals surface area (Å²) >= 11 is 0. The molecule has 4 rings (SSSR count). The van der Waals surface area contributed by atoms with E-state index in [1.807, 2.05) is 18.3 Å². The van der Waals surface area contributed by atoms with Crippen molar-refractivity contribution >= 4 is 0 Å². The lowest BCUT2D eigenvalue weighted by Gasteiger charge is -2.41. The highest BCUT2D eigenvalue weighted by atomic mass is 16.5. The lowest BCUT2D eigenvalue weighted by molar-refractivity contribution is 0.0292. The molecule has 0 bridgehead atoms. The Morgan fingerprint density at radius 1 is 0.929 bits per heavy atom. The van der Waals surface area contributed by atoms with Crippen molar-refractivity contribution < 1.29 is 4.74 Å². The van der Waals surface area contributed by atoms with Gasteiger partial charge < -0.3 is 19.4 Å². The smallest absolute Gasteiger partial charge is 0.213 e. The lowest BCUT2D eigenvalue weighted by Crippen LogP contribution is -2.49. The van der Waals surface area contributed by atoms with Gasteiger partial charge >= 0.3 is 0 Å². The quantitative estimate of drug-likeness (QED) is 0.719. The zero-order valence-electron chi connectivity index (χ0n) is 17.9. The van der Waals surface area contributed by atoms with E-state index in [0.29, 0.717) is 6.10 Å². The molecule has 5 nitrogen and oxygen atoms in total. The first kappa shape index (κ1) is 20.1. The minimum Gasteiger partial charge on any atom is -0.474 e. The van der Waals surface area contributed by atoms with Crippen LogP contribution in [0, 0.1) is 18.8 Å². The Kier molecular flexibility index (Phi) is 6.86. The first-order valence-corrected chi connectivity index (χ1v) is 11.4. The highest BCUT2D eigenvalue weighted by molar-refractivity contribution is 5.19. The third-order valence-electron chi connectivity index (χ3n) is 7.02. The molecular formula is C23H38N4O. The number of hydrogen-bond donors (Lipinski definition) is 0. The number of likely N-dealkylation sites (tertiary alicyclic amines) is 1. The molecule has 28 heavy (non-hydrogen) atoms. The number of rotatable bonds is 7. The van der Waals surface area contributed by atoms with Gasteiger partial charge in [0.15, 0.2) is 0 Å². The number of piperazine rings is 1. The third kappa shape index (κ3) is 5.46. The molecule has 5 heteroatoms. The summed E-state index contributed by atoms with van der Waals surface area (Å²) in [6, 6.07) is 4.06. The van der Waals surface area contributed by atoms with E-state index >= 15 is 0 Å². The van der Waals surface area contributed by atoms with Crippen molar-refractivity contribution in [3.63, 3.8) is 0 Å². The van der Waals surface area contributed by atoms with Gasteiger partial charge in [-0.05, 0) is 75.7 Å². The van der Waals surface area contributed by atoms with Crippen molar-refractivity contribution in [3.05, 3.63) is 23.9 Å². The summed E-state index contributed by atoms with van der Waals surface area (Å²) in [5.41, 5.74) is 1.22. The van der Waals surface area contributed by atoms with Crippen LogP contribution >= 0.6 is 0 Å². The lowest BCUT2D eigenvalue weighted by atomic mass is 9.81. The molecule has 156 valence electrons. The molecule has 0 spiro atoms. The monoisotopic (exact) mass is 386 g/mol. The number of hydrogen-bond acceptors (Lipinski definition) is 5. The average molecular weight is 387 g/mol. The summed E-state index contributed by atoms with van der Waals surface area (Å²) < 4.78 is 6.03. The third-order valence-corrected chi connectivity index (χ3v) is 7.02. The van der Waals surface area contributed by atoms with Crippen LogP contribution in [0.15, 0.2) is 18.3 Å². The number of aryl methyl sites for hydroxylation is 1. The molecule has 3 heterocycles. The van der Waals surface area contributed by atoms with E-state index in [1.165, 1.54) is 90.1 Å². The van der Waals surface area contributed by atoms with Crippen molar-refractivity contribution in [2.75, 3.05) is 58.9 Å². The van der Waals surface area contributed by atoms with Crippen molar-refractivity contribution in [2.24, 2.45) is 11.8 Å². The topological polar surface area (TPSA) is 31.8 Å². The van der Waals surface area contributed by atoms with E-state index in [4.69, 9.17) is 4.74 Å². The molecule has 2 aliphatic heterocycles. The Balaban J connectivity index is 1.10. The second-order valence-electron chi connectivity index (χ2n) is 9.23. The molecule has 0 amide bonds. The zero-order chi connectivity index (χ0) is 19.3. The van der Waals surface area contributed by atoms with Crippen molar-refractivity contribution in [1.29, 1.82) is 0 Å². The maximum atomic E-state index is 6.03. The van der Waals surface area contributed by atoms with Crippen molar-refractivity contribution in [1.82, 2.24) is 19.7 Å². The summed E-state index contributed by atoms with van der Waals surface area (Å²) in [7, 11) is 0. The molecule has 0 radical (unpaired) electrons. The van der Waals surface area contributed by atoms with Gasteiger partial charge in [-0.25, -0.2) is 4.98 Å². The van der Waals surface area contributed by atoms with Crippen LogP contribution in [0.1, 0.15) is 38.2 Å². The van der Waals surface area contributed by atoms with Gasteiger partial charge in [0, 0.05) is 51.5 Å². The maximum absolute atomic E-state index is 6.03. The summed E-state index contributed by atoms with van der Waals surface area (Å²) in [6.07, 6.45) is 7.36. The van der Waals surface area contributed by atoms with E-state index in [1.54, 1.807) is 0 Å². The zero-order valence-corrected chi connectivity index (χ0v) is 17.9. The van der Waals surface area contributed by atoms with Crippen molar-refractivity contribution in [3.8, 4) is 5.88 Å². The van der Waals surface area contributed by atoms with Crippen LogP contribution in [0.4, 0.5) is 0 Å². The standard InChI is InChI=1S/C23H38N4O/c1-3-25-10-12-27(13-11-25)17-20-5-8-26(9-6-20)18-21-15-22(16-21)28-23-14-19(2)4-7-24-23/h4,7,14,20-22H,3,5-6,8-13,15-18H2,1-2H3/t21-,22-. The van der Waals surface area contributed by atoms with Crippen LogP contribution in [0.3, 0.4) is 0 Å². The first-order valence-electron chi connectivity index (χ1n) is 11.4. The Hall–Kier alpha value is -1.17. The molecule has 1 saturated carbocycles. The van der Waals surface area contributed by atoms with E-state index in [-0.39, 0.29) is 0 Å². The summed E-state index contributed by atoms with van der Waals surface area (Å²) in [4.78, 5) is 12.3. The van der Waals surface area contributed by atoms with Gasteiger partial charge in [-0.15, -0.1) is 0 Å². The fourth-order valence-corrected chi connectivity index (χ4v) is 5.03. The predicted molar refractivity (Wildman–Crippen MR) is 114 cm³/mol. The molecule has 1 aliphatic carbocycles. The summed E-state index contributed by atoms with van der Waals surface area (Å²) in [5.74, 6) is 2.52. The molecule has 3 aliphatic rings. The molecule has 1 aromatic heterocycles. The average Bonchev–Trinajstić information content (AvgIpc) is 2.68. The van der Waals surface area contributed by atoms with Gasteiger partial charge in [-0.1, -0.05) is 6.92 Å². The largest absolute Gasteiger partial charge is 0.474 e. The van der Waals surface area contributed by atoms with E-state index < -0.39 is 0 Å². The first-order chi connectivity index (χ1) is 13.7. The van der Waals surface area contributed by atoms with Gasteiger partial charge in [0.2, 0.25) is 5.88 Å². The predicted octanol–water partition coefficient (Wildman–Crippen LogP) is 2.90. The molecule has 2 saturated heterocycles. The number of aromatic nitrogens is 1. The summed E-state index contributed by atoms with van der Waals surface area (Å²) in [6.45, 7) is 15.8. The van der Waals surface area contributed by atoms with E-state index in [0.717, 1.165) is 17.7 Å². The van der Waals surface area contributed by atoms with Gasteiger partial charge in [0.1, 0.15) is 6.10 Å². The fourth-order valence-electron chi connectivity index (χ4n) is 5.03. The number of ether oxygens (including phenoxy) is 1. The van der Waals surface area contributed by atoms with Crippen LogP contribution in [-0.2, 0) is 0 Å². The number of nitrogens with zero attached hydrogens (tertiary/aromatic N) is 4. The molecule has 3 fully saturated rings. The van der Waals surface area contributed by atoms with Crippen LogP contribution < -0.4 is 4.74 Å². The van der Waals surface area contributed by atoms with Gasteiger partial charge in [0.05, 0.1) is 0 Å². The molecule has 0 N–H and O–H groups in total. The highest BCUT2D eigenvalue weighted by Crippen LogP contribution is 2.32. The normalized spacial score (nSPS) is 28.2. The maximum Gasteiger partial charge on any atom is 0.213 e. The number of pyridine rings is 1. The molecular weight excluding hydrogens is 348 g/mol. The Bertz CT molecular complexity index is 602. The Labute approximate surface area is 171 Å². The van der Waals surface area contributed by atoms with E-state index in [2.05, 4.69) is 33.5 Å². The molecule has 1 aromatic rings. The van der Waals surface area contributed by atoms with Crippen LogP contribution in [0.2, 0.25) is 0 Å². The van der Waals surface area contributed by atoms with Crippen LogP contribution in [-0.4, -0.2) is 84.7 Å². The summed E-state index contributed by atoms with van der Waals surface area (Å²) in [5, 5.41) is 0. The second kappa shape index (κ2) is 9.55. The number of likely N-dealkylation sites (N-methyl/N-ethyl adjacent to an activating group) is 1. The van der Waals surface area contributed by atoms with Crippen molar-refractivity contribution in [2.45, 2.75) is 45.6 Å².